The quantitative estimate of drug-likeness (QED) is 0.643. The molecule has 2 rings (SSSR count). The maximum atomic E-state index is 12.0. The normalized spacial score (nSPS) is 9.86. The van der Waals surface area contributed by atoms with Gasteiger partial charge in [-0.1, -0.05) is 18.2 Å². The molecule has 0 aliphatic rings. The molecule has 0 saturated heterocycles. The number of amides is 3. The first kappa shape index (κ1) is 15.2. The van der Waals surface area contributed by atoms with Gasteiger partial charge in [-0.2, -0.15) is 0 Å². The molecule has 0 radical (unpaired) electrons. The Morgan fingerprint density at radius 1 is 0.955 bits per heavy atom. The van der Waals surface area contributed by atoms with E-state index >= 15 is 0 Å². The molecule has 0 saturated carbocycles. The minimum atomic E-state index is -0.992. The van der Waals surface area contributed by atoms with E-state index in [0.29, 0.717) is 11.4 Å². The maximum absolute atomic E-state index is 12.0. The summed E-state index contributed by atoms with van der Waals surface area (Å²) in [7, 11) is 1.46. The van der Waals surface area contributed by atoms with Crippen LogP contribution in [0.5, 0.6) is 0 Å². The van der Waals surface area contributed by atoms with E-state index in [4.69, 9.17) is 5.73 Å². The van der Waals surface area contributed by atoms with Crippen LogP contribution in [0.25, 0.3) is 0 Å². The summed E-state index contributed by atoms with van der Waals surface area (Å²) in [5, 5.41) is 2.06. The zero-order valence-electron chi connectivity index (χ0n) is 11.9. The Morgan fingerprint density at radius 3 is 2.14 bits per heavy atom. The van der Waals surface area contributed by atoms with Crippen molar-refractivity contribution in [3.05, 3.63) is 60.2 Å². The van der Waals surface area contributed by atoms with E-state index in [1.807, 2.05) is 0 Å². The first-order chi connectivity index (χ1) is 10.5. The van der Waals surface area contributed by atoms with Gasteiger partial charge in [0, 0.05) is 24.0 Å². The van der Waals surface area contributed by atoms with Crippen LogP contribution in [-0.2, 0) is 9.59 Å². The molecule has 0 aliphatic carbocycles. The Labute approximate surface area is 127 Å². The van der Waals surface area contributed by atoms with Crippen molar-refractivity contribution in [1.82, 2.24) is 5.32 Å². The molecule has 22 heavy (non-hydrogen) atoms. The van der Waals surface area contributed by atoms with E-state index in [0.717, 1.165) is 0 Å². The molecule has 0 fully saturated rings. The Bertz CT molecular complexity index is 696. The van der Waals surface area contributed by atoms with E-state index in [9.17, 15) is 14.4 Å². The van der Waals surface area contributed by atoms with Gasteiger partial charge in [0.25, 0.3) is 5.91 Å². The highest BCUT2D eigenvalue weighted by atomic mass is 16.2. The summed E-state index contributed by atoms with van der Waals surface area (Å²) in [6.07, 6.45) is 0. The molecule has 0 heterocycles. The van der Waals surface area contributed by atoms with Crippen molar-refractivity contribution < 1.29 is 14.4 Å². The van der Waals surface area contributed by atoms with Crippen LogP contribution in [0, 0.1) is 0 Å². The van der Waals surface area contributed by atoms with Crippen LogP contribution in [0.4, 0.5) is 11.4 Å². The smallest absolute Gasteiger partial charge is 0.316 e. The van der Waals surface area contributed by atoms with E-state index in [-0.39, 0.29) is 5.56 Å². The number of nitrogens with one attached hydrogen (secondary N) is 1. The number of nitrogen functional groups attached to an aromatic ring is 1. The number of nitrogens with two attached hydrogens (primary N) is 1. The number of imide groups is 1. The molecular weight excluding hydrogens is 282 g/mol. The van der Waals surface area contributed by atoms with Gasteiger partial charge in [0.05, 0.1) is 0 Å². The Hall–Kier alpha value is -3.15. The lowest BCUT2D eigenvalue weighted by Gasteiger charge is -2.16. The first-order valence-electron chi connectivity index (χ1n) is 6.53. The number of hydrogen-bond donors (Lipinski definition) is 2. The standard InChI is InChI=1S/C16H15N3O3/c1-19(13-5-3-2-4-6-13)16(22)15(21)18-14(20)11-7-9-12(17)10-8-11/h2-10H,17H2,1H3,(H,18,20,21). The fraction of sp³-hybridized carbons (Fsp3) is 0.0625. The summed E-state index contributed by atoms with van der Waals surface area (Å²) in [5.74, 6) is -2.47. The number of likely N-dealkylation sites (N-methyl/N-ethyl adjacent to an activating group) is 1. The largest absolute Gasteiger partial charge is 0.399 e. The van der Waals surface area contributed by atoms with Gasteiger partial charge in [0.1, 0.15) is 0 Å². The second-order valence-corrected chi connectivity index (χ2v) is 4.60. The van der Waals surface area contributed by atoms with Gasteiger partial charge in [-0.15, -0.1) is 0 Å². The van der Waals surface area contributed by atoms with Gasteiger partial charge < -0.3 is 10.6 Å². The molecule has 6 nitrogen and oxygen atoms in total. The SMILES string of the molecule is CN(C(=O)C(=O)NC(=O)c1ccc(N)cc1)c1ccccc1. The molecule has 3 amide bonds. The fourth-order valence-electron chi connectivity index (χ4n) is 1.78. The molecule has 0 atom stereocenters. The van der Waals surface area contributed by atoms with Gasteiger partial charge in [-0.05, 0) is 36.4 Å². The van der Waals surface area contributed by atoms with Crippen molar-refractivity contribution >= 4 is 29.1 Å². The lowest BCUT2D eigenvalue weighted by molar-refractivity contribution is -0.136. The minimum absolute atomic E-state index is 0.248. The third-order valence-corrected chi connectivity index (χ3v) is 3.04. The Balaban J connectivity index is 2.04. The summed E-state index contributed by atoms with van der Waals surface area (Å²) in [6, 6.07) is 14.7. The zero-order valence-corrected chi connectivity index (χ0v) is 11.9. The van der Waals surface area contributed by atoms with Crippen molar-refractivity contribution in [2.45, 2.75) is 0 Å². The van der Waals surface area contributed by atoms with E-state index in [2.05, 4.69) is 5.32 Å². The number of carbonyl (C=O) groups excluding carboxylic acids is 3. The first-order valence-corrected chi connectivity index (χ1v) is 6.53. The molecule has 2 aromatic carbocycles. The van der Waals surface area contributed by atoms with Crippen molar-refractivity contribution in [2.75, 3.05) is 17.7 Å². The molecule has 6 heteroatoms. The lowest BCUT2D eigenvalue weighted by Crippen LogP contribution is -2.43. The highest BCUT2D eigenvalue weighted by Gasteiger charge is 2.22. The molecule has 0 aliphatic heterocycles. The maximum Gasteiger partial charge on any atom is 0.316 e. The van der Waals surface area contributed by atoms with Gasteiger partial charge in [0.15, 0.2) is 0 Å². The molecule has 2 aromatic rings. The topological polar surface area (TPSA) is 92.5 Å². The van der Waals surface area contributed by atoms with Crippen LogP contribution < -0.4 is 16.0 Å². The van der Waals surface area contributed by atoms with Crippen LogP contribution in [-0.4, -0.2) is 24.8 Å². The van der Waals surface area contributed by atoms with Gasteiger partial charge in [-0.25, -0.2) is 0 Å². The third kappa shape index (κ3) is 3.49. The summed E-state index contributed by atoms with van der Waals surface area (Å²) < 4.78 is 0. The number of rotatable bonds is 2. The molecule has 3 N–H and O–H groups in total. The summed E-state index contributed by atoms with van der Waals surface area (Å²) in [6.45, 7) is 0. The van der Waals surface area contributed by atoms with Crippen molar-refractivity contribution in [2.24, 2.45) is 0 Å². The van der Waals surface area contributed by atoms with E-state index in [1.54, 1.807) is 30.3 Å². The predicted molar refractivity (Wildman–Crippen MR) is 83.2 cm³/mol. The van der Waals surface area contributed by atoms with Crippen LogP contribution in [0.1, 0.15) is 10.4 Å². The second kappa shape index (κ2) is 6.53. The summed E-state index contributed by atoms with van der Waals surface area (Å²) in [4.78, 5) is 36.9. The average molecular weight is 297 g/mol. The summed E-state index contributed by atoms with van der Waals surface area (Å²) in [5.41, 5.74) is 6.83. The van der Waals surface area contributed by atoms with Crippen molar-refractivity contribution in [3.8, 4) is 0 Å². The van der Waals surface area contributed by atoms with E-state index in [1.165, 1.54) is 36.2 Å². The molecule has 112 valence electrons. The second-order valence-electron chi connectivity index (χ2n) is 4.60. The van der Waals surface area contributed by atoms with E-state index < -0.39 is 17.7 Å². The lowest BCUT2D eigenvalue weighted by atomic mass is 10.2. The number of benzene rings is 2. The predicted octanol–water partition coefficient (Wildman–Crippen LogP) is 1.19. The fourth-order valence-corrected chi connectivity index (χ4v) is 1.78. The van der Waals surface area contributed by atoms with Crippen LogP contribution in [0.15, 0.2) is 54.6 Å². The Kier molecular flexibility index (Phi) is 4.53. The van der Waals surface area contributed by atoms with Gasteiger partial charge in [-0.3, -0.25) is 19.7 Å². The number of carbonyl (C=O) groups is 3. The third-order valence-electron chi connectivity index (χ3n) is 3.04. The zero-order chi connectivity index (χ0) is 16.1. The number of para-hydroxylation sites is 1. The van der Waals surface area contributed by atoms with Crippen molar-refractivity contribution in [3.63, 3.8) is 0 Å². The highest BCUT2D eigenvalue weighted by molar-refractivity contribution is 6.43. The van der Waals surface area contributed by atoms with Crippen molar-refractivity contribution in [1.29, 1.82) is 0 Å². The minimum Gasteiger partial charge on any atom is -0.399 e. The summed E-state index contributed by atoms with van der Waals surface area (Å²) >= 11 is 0. The molecule has 0 unspecified atom stereocenters. The molecular formula is C16H15N3O3. The number of hydrogen-bond acceptors (Lipinski definition) is 4. The van der Waals surface area contributed by atoms with Crippen LogP contribution >= 0.6 is 0 Å². The Morgan fingerprint density at radius 2 is 1.55 bits per heavy atom. The number of nitrogens with zero attached hydrogens (tertiary/aromatic N) is 1. The highest BCUT2D eigenvalue weighted by Crippen LogP contribution is 2.11. The average Bonchev–Trinajstić information content (AvgIpc) is 2.54. The molecule has 0 bridgehead atoms. The number of anilines is 2. The van der Waals surface area contributed by atoms with Gasteiger partial charge in [0.2, 0.25) is 0 Å². The van der Waals surface area contributed by atoms with Crippen LogP contribution in [0.3, 0.4) is 0 Å². The van der Waals surface area contributed by atoms with Crippen LogP contribution in [0.2, 0.25) is 0 Å². The molecule has 0 spiro atoms. The molecule has 0 aromatic heterocycles. The monoisotopic (exact) mass is 297 g/mol. The van der Waals surface area contributed by atoms with Gasteiger partial charge >= 0.3 is 11.8 Å².